The molecule has 0 aromatic heterocycles. The van der Waals surface area contributed by atoms with Crippen LogP contribution < -0.4 is 15.4 Å². The normalized spacial score (nSPS) is 11.1. The monoisotopic (exact) mass is 631 g/mol. The second-order valence-corrected chi connectivity index (χ2v) is 9.40. The lowest BCUT2D eigenvalue weighted by Crippen LogP contribution is -2.28. The van der Waals surface area contributed by atoms with Gasteiger partial charge in [0.15, 0.2) is 5.71 Å². The van der Waals surface area contributed by atoms with E-state index in [1.54, 1.807) is 24.3 Å². The quantitative estimate of drug-likeness (QED) is 0.155. The van der Waals surface area contributed by atoms with Crippen molar-refractivity contribution in [2.24, 2.45) is 5.16 Å². The van der Waals surface area contributed by atoms with Crippen LogP contribution in [0.1, 0.15) is 27.0 Å². The predicted molar refractivity (Wildman–Crippen MR) is 160 cm³/mol. The van der Waals surface area contributed by atoms with Gasteiger partial charge in [-0.05, 0) is 54.1 Å². The van der Waals surface area contributed by atoms with Gasteiger partial charge in [-0.1, -0.05) is 76.9 Å². The van der Waals surface area contributed by atoms with E-state index in [0.29, 0.717) is 22.6 Å². The summed E-state index contributed by atoms with van der Waals surface area (Å²) in [6, 6.07) is 25.7. The molecular weight excluding hydrogens is 606 g/mol. The molecule has 0 radical (unpaired) electrons. The number of carbonyl (C=O) groups is 2. The van der Waals surface area contributed by atoms with Crippen molar-refractivity contribution in [3.8, 4) is 11.5 Å². The second kappa shape index (κ2) is 15.6. The van der Waals surface area contributed by atoms with Crippen LogP contribution in [0.3, 0.4) is 0 Å². The Balaban J connectivity index is 0.000000236. The van der Waals surface area contributed by atoms with Gasteiger partial charge in [0, 0.05) is 13.6 Å². The molecule has 7 nitrogen and oxygen atoms in total. The van der Waals surface area contributed by atoms with Crippen molar-refractivity contribution in [2.45, 2.75) is 12.7 Å². The van der Waals surface area contributed by atoms with Crippen molar-refractivity contribution >= 4 is 40.7 Å². The van der Waals surface area contributed by atoms with E-state index in [9.17, 15) is 22.8 Å². The number of rotatable bonds is 8. The third kappa shape index (κ3) is 9.49. The van der Waals surface area contributed by atoms with E-state index in [1.807, 2.05) is 36.4 Å². The van der Waals surface area contributed by atoms with Gasteiger partial charge in [0.1, 0.15) is 18.6 Å². The van der Waals surface area contributed by atoms with Gasteiger partial charge in [-0.3, -0.25) is 9.59 Å². The van der Waals surface area contributed by atoms with E-state index in [0.717, 1.165) is 12.1 Å². The van der Waals surface area contributed by atoms with Gasteiger partial charge in [-0.25, -0.2) is 0 Å². The first kappa shape index (κ1) is 33.0. The second-order valence-electron chi connectivity index (χ2n) is 8.59. The zero-order valence-electron chi connectivity index (χ0n) is 22.9. The van der Waals surface area contributed by atoms with Crippen LogP contribution in [0.5, 0.6) is 11.5 Å². The minimum Gasteiger partial charge on any atom is -0.457 e. The molecule has 0 bridgehead atoms. The summed E-state index contributed by atoms with van der Waals surface area (Å²) in [5.41, 5.74) is 0.646. The Bertz CT molecular complexity index is 1540. The SMILES string of the molecule is CNC(=O)/C(=N/OC)c1ccccc1Oc1ccccc1.O=C(NCc1ccc(C(F)(F)F)cc1)c1c(Cl)cccc1Cl. The first-order chi connectivity index (χ1) is 20.5. The average Bonchev–Trinajstić information content (AvgIpc) is 2.99. The fourth-order valence-corrected chi connectivity index (χ4v) is 4.16. The zero-order chi connectivity index (χ0) is 31.4. The van der Waals surface area contributed by atoms with Crippen LogP contribution in [0.2, 0.25) is 10.0 Å². The lowest BCUT2D eigenvalue weighted by atomic mass is 10.1. The number of nitrogens with zero attached hydrogens (tertiary/aromatic N) is 1. The summed E-state index contributed by atoms with van der Waals surface area (Å²) < 4.78 is 43.1. The summed E-state index contributed by atoms with van der Waals surface area (Å²) in [5.74, 6) is 0.373. The van der Waals surface area contributed by atoms with E-state index in [1.165, 1.54) is 38.4 Å². The van der Waals surface area contributed by atoms with Crippen molar-refractivity contribution in [3.05, 3.63) is 129 Å². The van der Waals surface area contributed by atoms with Gasteiger partial charge >= 0.3 is 6.18 Å². The van der Waals surface area contributed by atoms with Crippen LogP contribution in [0.4, 0.5) is 13.2 Å². The number of likely N-dealkylation sites (N-methyl/N-ethyl adjacent to an activating group) is 1. The molecule has 0 aliphatic carbocycles. The van der Waals surface area contributed by atoms with Gasteiger partial charge < -0.3 is 20.2 Å². The number of halogens is 5. The third-order valence-electron chi connectivity index (χ3n) is 5.66. The summed E-state index contributed by atoms with van der Waals surface area (Å²) in [5, 5.41) is 9.30. The number of amides is 2. The highest BCUT2D eigenvalue weighted by Crippen LogP contribution is 2.29. The maximum atomic E-state index is 12.4. The van der Waals surface area contributed by atoms with Crippen molar-refractivity contribution in [2.75, 3.05) is 14.2 Å². The first-order valence-corrected chi connectivity index (χ1v) is 13.3. The molecule has 0 heterocycles. The van der Waals surface area contributed by atoms with E-state index in [4.69, 9.17) is 32.8 Å². The van der Waals surface area contributed by atoms with Crippen LogP contribution in [-0.4, -0.2) is 31.7 Å². The minimum absolute atomic E-state index is 0.0680. The summed E-state index contributed by atoms with van der Waals surface area (Å²) in [6.45, 7) is 0.0680. The molecule has 224 valence electrons. The molecule has 0 saturated heterocycles. The maximum absolute atomic E-state index is 12.4. The molecule has 12 heteroatoms. The van der Waals surface area contributed by atoms with E-state index < -0.39 is 17.6 Å². The molecule has 0 spiro atoms. The molecule has 0 aliphatic heterocycles. The third-order valence-corrected chi connectivity index (χ3v) is 6.29. The van der Waals surface area contributed by atoms with Crippen LogP contribution in [0.25, 0.3) is 0 Å². The summed E-state index contributed by atoms with van der Waals surface area (Å²) in [7, 11) is 2.93. The Morgan fingerprint density at radius 2 is 1.44 bits per heavy atom. The molecule has 2 N–H and O–H groups in total. The number of hydrogen-bond donors (Lipinski definition) is 2. The van der Waals surface area contributed by atoms with Gasteiger partial charge in [0.05, 0.1) is 26.7 Å². The summed E-state index contributed by atoms with van der Waals surface area (Å²) >= 11 is 11.8. The highest BCUT2D eigenvalue weighted by atomic mass is 35.5. The Morgan fingerprint density at radius 3 is 2.02 bits per heavy atom. The Morgan fingerprint density at radius 1 is 0.837 bits per heavy atom. The molecule has 4 rings (SSSR count). The number of ether oxygens (including phenoxy) is 1. The summed E-state index contributed by atoms with van der Waals surface area (Å²) in [6.07, 6.45) is -4.38. The average molecular weight is 632 g/mol. The maximum Gasteiger partial charge on any atom is 0.416 e. The predicted octanol–water partition coefficient (Wildman–Crippen LogP) is 7.52. The van der Waals surface area contributed by atoms with Crippen molar-refractivity contribution in [1.29, 1.82) is 0 Å². The van der Waals surface area contributed by atoms with E-state index >= 15 is 0 Å². The molecule has 0 saturated carbocycles. The smallest absolute Gasteiger partial charge is 0.416 e. The Labute approximate surface area is 256 Å². The number of alkyl halides is 3. The molecule has 4 aromatic carbocycles. The summed E-state index contributed by atoms with van der Waals surface area (Å²) in [4.78, 5) is 28.7. The zero-order valence-corrected chi connectivity index (χ0v) is 24.4. The van der Waals surface area contributed by atoms with Crippen LogP contribution >= 0.6 is 23.2 Å². The van der Waals surface area contributed by atoms with Gasteiger partial charge in [-0.2, -0.15) is 13.2 Å². The number of oxime groups is 1. The van der Waals surface area contributed by atoms with Crippen molar-refractivity contribution < 1.29 is 32.3 Å². The van der Waals surface area contributed by atoms with E-state index in [-0.39, 0.29) is 33.8 Å². The molecule has 43 heavy (non-hydrogen) atoms. The van der Waals surface area contributed by atoms with Crippen LogP contribution in [-0.2, 0) is 22.4 Å². The molecule has 4 aromatic rings. The fourth-order valence-electron chi connectivity index (χ4n) is 3.59. The minimum atomic E-state index is -4.38. The molecule has 0 fully saturated rings. The molecule has 2 amide bonds. The Kier molecular flexibility index (Phi) is 12.0. The number of hydrogen-bond acceptors (Lipinski definition) is 5. The number of nitrogens with one attached hydrogen (secondary N) is 2. The first-order valence-electron chi connectivity index (χ1n) is 12.6. The highest BCUT2D eigenvalue weighted by molar-refractivity contribution is 6.45. The van der Waals surface area contributed by atoms with Crippen LogP contribution in [0.15, 0.2) is 102 Å². The Hall–Kier alpha value is -4.54. The topological polar surface area (TPSA) is 89.0 Å². The van der Waals surface area contributed by atoms with Gasteiger partial charge in [0.2, 0.25) is 0 Å². The molecule has 0 aliphatic rings. The van der Waals surface area contributed by atoms with Crippen molar-refractivity contribution in [3.63, 3.8) is 0 Å². The largest absolute Gasteiger partial charge is 0.457 e. The molecule has 0 atom stereocenters. The van der Waals surface area contributed by atoms with Crippen LogP contribution in [0, 0.1) is 0 Å². The number of carbonyl (C=O) groups excluding carboxylic acids is 2. The number of para-hydroxylation sites is 2. The highest BCUT2D eigenvalue weighted by Gasteiger charge is 2.30. The lowest BCUT2D eigenvalue weighted by molar-refractivity contribution is -0.137. The van der Waals surface area contributed by atoms with Gasteiger partial charge in [0.25, 0.3) is 11.8 Å². The molecular formula is C31H26Cl2F3N3O4. The lowest BCUT2D eigenvalue weighted by Gasteiger charge is -2.11. The fraction of sp³-hybridized carbons (Fsp3) is 0.129. The molecule has 0 unspecified atom stereocenters. The number of benzene rings is 4. The van der Waals surface area contributed by atoms with Crippen molar-refractivity contribution in [1.82, 2.24) is 10.6 Å². The van der Waals surface area contributed by atoms with E-state index in [2.05, 4.69) is 15.8 Å². The van der Waals surface area contributed by atoms with Gasteiger partial charge in [-0.15, -0.1) is 0 Å². The standard InChI is InChI=1S/C16H16N2O3.C15H10Cl2F3NO/c1-17-16(19)15(18-20-2)13-10-6-7-11-14(13)21-12-8-4-3-5-9-12;16-11-2-1-3-12(17)13(11)14(22)21-8-9-4-6-10(7-5-9)15(18,19)20/h3-11H,1-2H3,(H,17,19);1-7H,8H2,(H,21,22)/b18-15+;.